The van der Waals surface area contributed by atoms with Crippen LogP contribution in [-0.4, -0.2) is 181 Å². The zero-order valence-electron chi connectivity index (χ0n) is 49.6. The summed E-state index contributed by atoms with van der Waals surface area (Å²) in [7, 11) is -7.27. The van der Waals surface area contributed by atoms with Crippen molar-refractivity contribution in [2.45, 2.75) is 29.3 Å². The van der Waals surface area contributed by atoms with Crippen LogP contribution in [0, 0.1) is 10.1 Å². The highest BCUT2D eigenvalue weighted by atomic mass is 35.5. The van der Waals surface area contributed by atoms with Gasteiger partial charge in [-0.2, -0.15) is 59.1 Å². The topological polar surface area (TPSA) is 509 Å². The van der Waals surface area contributed by atoms with Crippen molar-refractivity contribution in [3.63, 3.8) is 0 Å². The minimum Gasteiger partial charge on any atom is -0.778 e. The number of carbonyl (C=O) groups excluding carboxylic acids is 3. The van der Waals surface area contributed by atoms with Gasteiger partial charge in [0.25, 0.3) is 31.6 Å². The number of pyridine rings is 1. The second-order valence-electron chi connectivity index (χ2n) is 17.7. The molecule has 0 saturated carbocycles. The lowest BCUT2D eigenvalue weighted by molar-refractivity contribution is -0.385. The van der Waals surface area contributed by atoms with E-state index < -0.39 is 151 Å². The lowest BCUT2D eigenvalue weighted by atomic mass is 10.1. The van der Waals surface area contributed by atoms with Gasteiger partial charge in [0.1, 0.15) is 29.6 Å². The molecule has 1 atom stereocenters. The molecule has 96 heavy (non-hydrogen) atoms. The number of nitrogens with one attached hydrogen (secondary N) is 5. The summed E-state index contributed by atoms with van der Waals surface area (Å²) >= 11 is 5.72. The number of halogens is 8. The fraction of sp³-hybridized carbons (Fsp3) is 0.245. The third-order valence-corrected chi connectivity index (χ3v) is 13.2. The van der Waals surface area contributed by atoms with E-state index in [0.29, 0.717) is 23.0 Å². The van der Waals surface area contributed by atoms with Crippen LogP contribution in [0.5, 0.6) is 35.0 Å². The SMILES string of the molecule is COc1cc(OC)nc(NC(=O)NS(=O)(=O)c2ncccc2C(=O)N(C)C)n1.C[S+](C)C.O=C(Nc1nc(OC(F)F)cc(OC(F)F)n1)NS(=O)(=O)c1ccccc1C(=O)O.O=C(O)CNCP(=O)([O-])O.O=C(O)c1cc(Oc2ccc(C(F)(F)F)cc2Cl)ccc1[N+](=O)[O-]. The molecule has 3 heterocycles. The van der Waals surface area contributed by atoms with Gasteiger partial charge in [0, 0.05) is 32.4 Å². The van der Waals surface area contributed by atoms with Gasteiger partial charge in [0.2, 0.25) is 35.4 Å². The number of urea groups is 2. The lowest BCUT2D eigenvalue weighted by Crippen LogP contribution is -2.36. The van der Waals surface area contributed by atoms with E-state index in [0.717, 1.165) is 42.5 Å². The van der Waals surface area contributed by atoms with Gasteiger partial charge in [-0.3, -0.25) is 35.7 Å². The van der Waals surface area contributed by atoms with Crippen LogP contribution in [0.2, 0.25) is 5.02 Å². The average Bonchev–Trinajstić information content (AvgIpc) is 0.816. The van der Waals surface area contributed by atoms with Crippen molar-refractivity contribution >= 4 is 104 Å². The second kappa shape index (κ2) is 37.1. The van der Waals surface area contributed by atoms with E-state index in [1.807, 2.05) is 5.32 Å². The number of alkyl halides is 7. The van der Waals surface area contributed by atoms with Crippen LogP contribution in [0.15, 0.2) is 101 Å². The van der Waals surface area contributed by atoms with E-state index in [1.165, 1.54) is 74.5 Å². The molecule has 5 amide bonds. The van der Waals surface area contributed by atoms with Crippen molar-refractivity contribution in [1.82, 2.24) is 44.6 Å². The number of carbonyl (C=O) groups is 6. The third kappa shape index (κ3) is 29.1. The minimum absolute atomic E-state index is 0.0913. The van der Waals surface area contributed by atoms with E-state index in [9.17, 15) is 95.9 Å². The molecule has 0 radical (unpaired) electrons. The van der Waals surface area contributed by atoms with Crippen molar-refractivity contribution in [2.75, 3.05) is 70.5 Å². The quantitative estimate of drug-likeness (QED) is 0.0135. The molecule has 3 aromatic heterocycles. The number of amides is 5. The normalized spacial score (nSPS) is 11.5. The Balaban J connectivity index is 0.000000446. The Morgan fingerprint density at radius 3 is 1.64 bits per heavy atom. The van der Waals surface area contributed by atoms with Crippen LogP contribution in [-0.2, 0) is 46.5 Å². The molecular weight excluding hydrogens is 1420 g/mol. The van der Waals surface area contributed by atoms with Gasteiger partial charge in [-0.25, -0.2) is 42.0 Å². The molecule has 0 aliphatic carbocycles. The Labute approximate surface area is 544 Å². The number of carboxylic acids is 3. The molecule has 3 aromatic carbocycles. The van der Waals surface area contributed by atoms with Crippen LogP contribution in [0.25, 0.3) is 0 Å². The number of benzene rings is 3. The van der Waals surface area contributed by atoms with Crippen molar-refractivity contribution in [3.8, 4) is 35.0 Å². The van der Waals surface area contributed by atoms with E-state index in [-0.39, 0.29) is 39.8 Å². The molecule has 0 fully saturated rings. The number of aromatic nitrogens is 5. The number of sulfonamides is 2. The summed E-state index contributed by atoms with van der Waals surface area (Å²) < 4.78 is 173. The molecule has 47 heteroatoms. The number of nitro groups is 1. The van der Waals surface area contributed by atoms with Gasteiger partial charge in [-0.1, -0.05) is 23.7 Å². The number of anilines is 2. The summed E-state index contributed by atoms with van der Waals surface area (Å²) in [5.74, 6) is -8.12. The molecular formula is C49H51ClF7N12O23PS3. The van der Waals surface area contributed by atoms with Crippen LogP contribution in [0.3, 0.4) is 0 Å². The number of rotatable bonds is 22. The lowest BCUT2D eigenvalue weighted by Gasteiger charge is -2.14. The third-order valence-electron chi connectivity index (χ3n) is 9.64. The fourth-order valence-corrected chi connectivity index (χ4v) is 8.78. The van der Waals surface area contributed by atoms with Crippen LogP contribution in [0.1, 0.15) is 36.6 Å². The first kappa shape index (κ1) is 82.0. The van der Waals surface area contributed by atoms with Crippen LogP contribution >= 0.6 is 19.2 Å². The van der Waals surface area contributed by atoms with E-state index in [1.54, 1.807) is 10.0 Å². The maximum Gasteiger partial charge on any atom is 0.416 e. The highest BCUT2D eigenvalue weighted by Crippen LogP contribution is 2.37. The number of nitro benzene ring substituents is 1. The number of aromatic carboxylic acids is 2. The molecule has 524 valence electrons. The minimum atomic E-state index is -4.71. The molecule has 0 aliphatic heterocycles. The molecule has 0 spiro atoms. The van der Waals surface area contributed by atoms with Crippen LogP contribution in [0.4, 0.5) is 57.9 Å². The Morgan fingerprint density at radius 2 is 1.20 bits per heavy atom. The van der Waals surface area contributed by atoms with Crippen molar-refractivity contribution in [3.05, 3.63) is 129 Å². The average molecular weight is 1470 g/mol. The van der Waals surface area contributed by atoms with Crippen molar-refractivity contribution in [1.29, 1.82) is 0 Å². The van der Waals surface area contributed by atoms with Gasteiger partial charge >= 0.3 is 49.4 Å². The summed E-state index contributed by atoms with van der Waals surface area (Å²) in [5, 5.41) is 41.7. The van der Waals surface area contributed by atoms with Gasteiger partial charge in [-0.05, 0) is 59.4 Å². The number of methoxy groups -OCH3 is 2. The first-order chi connectivity index (χ1) is 44.4. The van der Waals surface area contributed by atoms with Gasteiger partial charge in [-0.15, -0.1) is 0 Å². The largest absolute Gasteiger partial charge is 0.778 e. The highest BCUT2D eigenvalue weighted by molar-refractivity contribution is 7.94. The maximum absolute atomic E-state index is 12.6. The summed E-state index contributed by atoms with van der Waals surface area (Å²) in [5.41, 5.74) is -3.08. The molecule has 9 N–H and O–H groups in total. The van der Waals surface area contributed by atoms with Crippen molar-refractivity contribution in [2.24, 2.45) is 0 Å². The zero-order chi connectivity index (χ0) is 73.2. The second-order valence-corrected chi connectivity index (χ2v) is 25.4. The Bertz CT molecular complexity index is 3990. The van der Waals surface area contributed by atoms with Crippen molar-refractivity contribution < 1.29 is 135 Å². The molecule has 0 bridgehead atoms. The zero-order valence-corrected chi connectivity index (χ0v) is 53.7. The van der Waals surface area contributed by atoms with E-state index in [2.05, 4.69) is 58.5 Å². The molecule has 6 rings (SSSR count). The Kier molecular flexibility index (Phi) is 31.7. The van der Waals surface area contributed by atoms with E-state index >= 15 is 0 Å². The molecule has 6 aromatic rings. The smallest absolute Gasteiger partial charge is 0.416 e. The molecule has 0 aliphatic rings. The monoisotopic (exact) mass is 1470 g/mol. The van der Waals surface area contributed by atoms with Crippen LogP contribution < -0.4 is 54.0 Å². The summed E-state index contributed by atoms with van der Waals surface area (Å²) in [4.78, 5) is 114. The number of hydrogen-bond donors (Lipinski definition) is 9. The number of carboxylic acid groups (broad SMARTS) is 3. The highest BCUT2D eigenvalue weighted by Gasteiger charge is 2.32. The summed E-state index contributed by atoms with van der Waals surface area (Å²) in [6.45, 7) is -7.30. The number of aliphatic carboxylic acids is 1. The van der Waals surface area contributed by atoms with Gasteiger partial charge in [0.05, 0.1) is 84.6 Å². The summed E-state index contributed by atoms with van der Waals surface area (Å²) in [6, 6.07) is 11.4. The fourth-order valence-electron chi connectivity index (χ4n) is 6.02. The molecule has 1 unspecified atom stereocenters. The predicted molar refractivity (Wildman–Crippen MR) is 317 cm³/mol. The number of ether oxygens (including phenoxy) is 5. The Hall–Kier alpha value is -10.1. The number of hydrogen-bond acceptors (Lipinski definition) is 25. The maximum atomic E-state index is 12.6. The molecule has 0 saturated heterocycles. The van der Waals surface area contributed by atoms with Gasteiger partial charge < -0.3 is 58.3 Å². The standard InChI is InChI=1S/C15H18N6O6S.C14H7ClF3NO5.C14H10F4N4O7S.C3H8NO5P.C3H9S/c1-21(2)13(22)9-6-5-7-16-12(9)28(24,25)20-15(23)19-14-17-10(26-3)8-11(18-14)27-4;15-10-5-7(14(16,17)18)1-4-12(10)24-8-2-3-11(19(22)23)9(6-8)13(20)21;15-11(16)28-8-5-9(29-12(17)18)20-13(19-8)21-14(25)22-30(26,27)7-4-2-1-3-6(7)10(23)24;5-3(6)1-4-2-10(7,8)9;1-4(2)3/h5-8H,1-4H3,(H2,17,18,19,20,23);1-6H,(H,20,21);1-5,11-12H,(H,23,24)(H2,19,20,21,22,25);4H,1-2H2,(H,5,6)(H2,7,8,9);1-3H3/q;;;;+1/p-1. The van der Waals surface area contributed by atoms with E-state index in [4.69, 9.17) is 46.0 Å². The predicted octanol–water partition coefficient (Wildman–Crippen LogP) is 5.40. The number of nitrogens with zero attached hydrogens (tertiary/aromatic N) is 7. The molecule has 35 nitrogen and oxygen atoms in total. The summed E-state index contributed by atoms with van der Waals surface area (Å²) in [6.07, 6.45) is 2.49. The first-order valence-corrected chi connectivity index (χ1v) is 32.4. The van der Waals surface area contributed by atoms with Gasteiger partial charge in [0.15, 0.2) is 5.03 Å². The first-order valence-electron chi connectivity index (χ1n) is 24.8. The Morgan fingerprint density at radius 1 is 0.719 bits per heavy atom.